The molecule has 7 heteroatoms. The molecule has 0 amide bonds. The topological polar surface area (TPSA) is 52.8 Å². The molecule has 0 saturated heterocycles. The molecular formula is C19H17ClN4OS. The van der Waals surface area contributed by atoms with Gasteiger partial charge in [0.2, 0.25) is 0 Å². The molecule has 2 aromatic heterocycles. The molecule has 4 aromatic rings. The van der Waals surface area contributed by atoms with Gasteiger partial charge in [-0.2, -0.15) is 0 Å². The quantitative estimate of drug-likeness (QED) is 0.476. The predicted molar refractivity (Wildman–Crippen MR) is 105 cm³/mol. The Balaban J connectivity index is 1.88. The Morgan fingerprint density at radius 2 is 1.85 bits per heavy atom. The summed E-state index contributed by atoms with van der Waals surface area (Å²) in [6.45, 7) is 6.04. The van der Waals surface area contributed by atoms with E-state index in [1.165, 1.54) is 0 Å². The number of rotatable bonds is 3. The van der Waals surface area contributed by atoms with Gasteiger partial charge < -0.3 is 4.74 Å². The van der Waals surface area contributed by atoms with E-state index in [0.29, 0.717) is 10.8 Å². The van der Waals surface area contributed by atoms with E-state index in [0.717, 1.165) is 27.3 Å². The van der Waals surface area contributed by atoms with E-state index < -0.39 is 0 Å². The van der Waals surface area contributed by atoms with E-state index in [9.17, 15) is 0 Å². The lowest BCUT2D eigenvalue weighted by Gasteiger charge is -2.23. The van der Waals surface area contributed by atoms with Crippen molar-refractivity contribution in [3.05, 3.63) is 53.0 Å². The minimum Gasteiger partial charge on any atom is -0.486 e. The van der Waals surface area contributed by atoms with Crippen LogP contribution in [0.4, 0.5) is 0 Å². The van der Waals surface area contributed by atoms with Crippen LogP contribution in [0.5, 0.6) is 5.75 Å². The second kappa shape index (κ2) is 6.37. The van der Waals surface area contributed by atoms with E-state index in [4.69, 9.17) is 16.3 Å². The van der Waals surface area contributed by atoms with Crippen molar-refractivity contribution in [2.45, 2.75) is 26.4 Å². The van der Waals surface area contributed by atoms with Gasteiger partial charge in [0.1, 0.15) is 33.1 Å². The van der Waals surface area contributed by atoms with Gasteiger partial charge in [0.05, 0.1) is 0 Å². The fourth-order valence-electron chi connectivity index (χ4n) is 2.58. The summed E-state index contributed by atoms with van der Waals surface area (Å²) < 4.78 is 6.14. The van der Waals surface area contributed by atoms with E-state index in [1.807, 2.05) is 56.5 Å². The number of nitrogens with zero attached hydrogens (tertiary/aromatic N) is 4. The number of ether oxygens (including phenoxy) is 1. The van der Waals surface area contributed by atoms with Crippen LogP contribution < -0.4 is 4.74 Å². The van der Waals surface area contributed by atoms with Crippen LogP contribution in [-0.4, -0.2) is 25.6 Å². The number of thiazole rings is 1. The molecule has 0 radical (unpaired) electrons. The van der Waals surface area contributed by atoms with Crippen LogP contribution in [0.15, 0.2) is 48.0 Å². The van der Waals surface area contributed by atoms with Gasteiger partial charge in [-0.1, -0.05) is 11.6 Å². The summed E-state index contributed by atoms with van der Waals surface area (Å²) in [7, 11) is 0. The lowest BCUT2D eigenvalue weighted by Crippen LogP contribution is -2.24. The lowest BCUT2D eigenvalue weighted by atomic mass is 10.1. The number of benzene rings is 2. The molecule has 0 bridgehead atoms. The predicted octanol–water partition coefficient (Wildman–Crippen LogP) is 5.37. The first kappa shape index (κ1) is 17.0. The molecule has 0 spiro atoms. The second-order valence-electron chi connectivity index (χ2n) is 6.86. The number of hydrogen-bond acceptors (Lipinski definition) is 5. The fourth-order valence-corrected chi connectivity index (χ4v) is 3.39. The van der Waals surface area contributed by atoms with Crippen molar-refractivity contribution in [3.8, 4) is 22.0 Å². The van der Waals surface area contributed by atoms with Crippen molar-refractivity contribution in [1.82, 2.24) is 20.0 Å². The van der Waals surface area contributed by atoms with Crippen LogP contribution in [0.1, 0.15) is 20.8 Å². The van der Waals surface area contributed by atoms with E-state index in [-0.39, 0.29) is 5.60 Å². The van der Waals surface area contributed by atoms with Gasteiger partial charge in [-0.25, -0.2) is 4.98 Å². The van der Waals surface area contributed by atoms with Gasteiger partial charge in [-0.15, -0.1) is 26.3 Å². The molecule has 0 aliphatic rings. The zero-order valence-corrected chi connectivity index (χ0v) is 16.2. The number of halogens is 1. The molecule has 0 saturated carbocycles. The Morgan fingerprint density at radius 1 is 1.04 bits per heavy atom. The zero-order chi connectivity index (χ0) is 18.3. The minimum atomic E-state index is -0.340. The first-order chi connectivity index (χ1) is 12.4. The molecule has 0 aliphatic carbocycles. The fraction of sp³-hybridized carbons (Fsp3) is 0.211. The van der Waals surface area contributed by atoms with E-state index in [1.54, 1.807) is 28.4 Å². The highest BCUT2D eigenvalue weighted by Crippen LogP contribution is 2.32. The monoisotopic (exact) mass is 384 g/mol. The smallest absolute Gasteiger partial charge is 0.147 e. The molecule has 132 valence electrons. The second-order valence-corrected chi connectivity index (χ2v) is 8.19. The standard InChI is InChI=1S/C19H17ClN4OS/c1-19(2,3)25-17-7-4-12(18-21-8-9-26-18)10-16(17)24-22-14-6-5-13(20)11-15(14)23-24/h4-11H,1-3H3. The first-order valence-corrected chi connectivity index (χ1v) is 9.41. The van der Waals surface area contributed by atoms with Gasteiger partial charge in [0.25, 0.3) is 0 Å². The van der Waals surface area contributed by atoms with Gasteiger partial charge in [-0.3, -0.25) is 0 Å². The lowest BCUT2D eigenvalue weighted by molar-refractivity contribution is 0.130. The van der Waals surface area contributed by atoms with Gasteiger partial charge in [-0.05, 0) is 57.2 Å². The normalized spacial score (nSPS) is 11.8. The Labute approximate surface area is 160 Å². The van der Waals surface area contributed by atoms with Crippen LogP contribution in [0.25, 0.3) is 27.3 Å². The molecule has 5 nitrogen and oxygen atoms in total. The summed E-state index contributed by atoms with van der Waals surface area (Å²) in [5.74, 6) is 0.712. The number of aromatic nitrogens is 4. The van der Waals surface area contributed by atoms with Crippen LogP contribution in [-0.2, 0) is 0 Å². The van der Waals surface area contributed by atoms with Gasteiger partial charge >= 0.3 is 0 Å². The Bertz CT molecular complexity index is 1070. The number of fused-ring (bicyclic) bond motifs is 1. The van der Waals surface area contributed by atoms with Crippen molar-refractivity contribution < 1.29 is 4.74 Å². The van der Waals surface area contributed by atoms with Crippen LogP contribution in [0, 0.1) is 0 Å². The summed E-state index contributed by atoms with van der Waals surface area (Å²) in [6.07, 6.45) is 1.79. The SMILES string of the molecule is CC(C)(C)Oc1ccc(-c2nccs2)cc1-n1nc2ccc(Cl)cc2n1. The highest BCUT2D eigenvalue weighted by Gasteiger charge is 2.18. The zero-order valence-electron chi connectivity index (χ0n) is 14.6. The Morgan fingerprint density at radius 3 is 2.58 bits per heavy atom. The van der Waals surface area contributed by atoms with Crippen LogP contribution >= 0.6 is 22.9 Å². The molecule has 0 unspecified atom stereocenters. The minimum absolute atomic E-state index is 0.340. The van der Waals surface area contributed by atoms with Gasteiger partial charge in [0, 0.05) is 22.2 Å². The van der Waals surface area contributed by atoms with Crippen LogP contribution in [0.3, 0.4) is 0 Å². The van der Waals surface area contributed by atoms with Crippen molar-refractivity contribution in [2.24, 2.45) is 0 Å². The summed E-state index contributed by atoms with van der Waals surface area (Å²) in [5.41, 5.74) is 2.93. The molecule has 2 aromatic carbocycles. The summed E-state index contributed by atoms with van der Waals surface area (Å²) in [4.78, 5) is 5.99. The molecule has 0 N–H and O–H groups in total. The highest BCUT2D eigenvalue weighted by atomic mass is 35.5. The van der Waals surface area contributed by atoms with Crippen molar-refractivity contribution in [1.29, 1.82) is 0 Å². The summed E-state index contributed by atoms with van der Waals surface area (Å²) in [6, 6.07) is 11.4. The molecule has 4 rings (SSSR count). The van der Waals surface area contributed by atoms with Crippen LogP contribution in [0.2, 0.25) is 5.02 Å². The van der Waals surface area contributed by atoms with E-state index in [2.05, 4.69) is 15.2 Å². The van der Waals surface area contributed by atoms with Crippen molar-refractivity contribution in [2.75, 3.05) is 0 Å². The Hall–Kier alpha value is -2.44. The molecule has 0 aliphatic heterocycles. The van der Waals surface area contributed by atoms with Crippen molar-refractivity contribution >= 4 is 34.0 Å². The Kier molecular flexibility index (Phi) is 4.17. The average Bonchev–Trinajstić information content (AvgIpc) is 3.22. The largest absolute Gasteiger partial charge is 0.486 e. The molecule has 2 heterocycles. The molecule has 26 heavy (non-hydrogen) atoms. The average molecular weight is 385 g/mol. The van der Waals surface area contributed by atoms with Crippen molar-refractivity contribution in [3.63, 3.8) is 0 Å². The molecule has 0 fully saturated rings. The maximum Gasteiger partial charge on any atom is 0.147 e. The summed E-state index contributed by atoms with van der Waals surface area (Å²) >= 11 is 7.66. The third-order valence-electron chi connectivity index (χ3n) is 3.61. The maximum absolute atomic E-state index is 6.14. The third kappa shape index (κ3) is 3.43. The molecule has 0 atom stereocenters. The third-order valence-corrected chi connectivity index (χ3v) is 4.67. The van der Waals surface area contributed by atoms with E-state index >= 15 is 0 Å². The molecular weight excluding hydrogens is 368 g/mol. The van der Waals surface area contributed by atoms with Gasteiger partial charge in [0.15, 0.2) is 0 Å². The summed E-state index contributed by atoms with van der Waals surface area (Å²) in [5, 5.41) is 12.7. The highest BCUT2D eigenvalue weighted by molar-refractivity contribution is 7.13. The number of hydrogen-bond donors (Lipinski definition) is 0. The first-order valence-electron chi connectivity index (χ1n) is 8.15. The maximum atomic E-state index is 6.14.